The van der Waals surface area contributed by atoms with Crippen molar-refractivity contribution in [2.75, 3.05) is 23.7 Å². The molecule has 2 aliphatic rings. The van der Waals surface area contributed by atoms with E-state index in [9.17, 15) is 13.2 Å². The van der Waals surface area contributed by atoms with Gasteiger partial charge in [0.2, 0.25) is 5.82 Å². The first-order valence-corrected chi connectivity index (χ1v) is 6.04. The standard InChI is InChI=1S/C11H13F3N4O/c12-11(13,14)10-16-8(15)3-9(17-10)18-4-6-1-2-7(5-18)19-6/h3,6-7H,1-2,4-5H2,(H2,15,16,17). The van der Waals surface area contributed by atoms with Crippen LogP contribution in [0.15, 0.2) is 6.07 Å². The number of anilines is 2. The fourth-order valence-corrected chi connectivity index (χ4v) is 2.54. The lowest BCUT2D eigenvalue weighted by atomic mass is 10.2. The van der Waals surface area contributed by atoms with E-state index < -0.39 is 12.0 Å². The highest BCUT2D eigenvalue weighted by Crippen LogP contribution is 2.32. The van der Waals surface area contributed by atoms with E-state index in [1.165, 1.54) is 6.07 Å². The lowest BCUT2D eigenvalue weighted by molar-refractivity contribution is -0.144. The van der Waals surface area contributed by atoms with Crippen molar-refractivity contribution in [1.29, 1.82) is 0 Å². The Labute approximate surface area is 107 Å². The lowest BCUT2D eigenvalue weighted by Gasteiger charge is -2.33. The number of aromatic nitrogens is 2. The smallest absolute Gasteiger partial charge is 0.384 e. The predicted octanol–water partition coefficient (Wildman–Crippen LogP) is 1.45. The fraction of sp³-hybridized carbons (Fsp3) is 0.636. The van der Waals surface area contributed by atoms with Gasteiger partial charge in [-0.25, -0.2) is 9.97 Å². The molecule has 3 rings (SSSR count). The number of hydrogen-bond acceptors (Lipinski definition) is 5. The van der Waals surface area contributed by atoms with Crippen LogP contribution in [0, 0.1) is 0 Å². The summed E-state index contributed by atoms with van der Waals surface area (Å²) in [6.45, 7) is 1.09. The van der Waals surface area contributed by atoms with Crippen molar-refractivity contribution in [2.24, 2.45) is 0 Å². The highest BCUT2D eigenvalue weighted by molar-refractivity contribution is 5.48. The topological polar surface area (TPSA) is 64.3 Å². The highest BCUT2D eigenvalue weighted by atomic mass is 19.4. The number of rotatable bonds is 1. The third kappa shape index (κ3) is 2.44. The van der Waals surface area contributed by atoms with Crippen LogP contribution in [0.25, 0.3) is 0 Å². The van der Waals surface area contributed by atoms with E-state index in [1.54, 1.807) is 4.90 Å². The van der Waals surface area contributed by atoms with E-state index >= 15 is 0 Å². The molecular weight excluding hydrogens is 261 g/mol. The van der Waals surface area contributed by atoms with Gasteiger partial charge in [0.05, 0.1) is 12.2 Å². The molecule has 0 radical (unpaired) electrons. The number of morpholine rings is 1. The van der Waals surface area contributed by atoms with Gasteiger partial charge in [-0.1, -0.05) is 0 Å². The normalized spacial score (nSPS) is 26.8. The van der Waals surface area contributed by atoms with Gasteiger partial charge in [-0.2, -0.15) is 13.2 Å². The third-order valence-corrected chi connectivity index (χ3v) is 3.35. The van der Waals surface area contributed by atoms with Crippen molar-refractivity contribution in [2.45, 2.75) is 31.2 Å². The molecule has 2 unspecified atom stereocenters. The average Bonchev–Trinajstić information content (AvgIpc) is 2.66. The summed E-state index contributed by atoms with van der Waals surface area (Å²) in [4.78, 5) is 8.61. The van der Waals surface area contributed by atoms with Crippen molar-refractivity contribution in [3.63, 3.8) is 0 Å². The number of nitrogen functional groups attached to an aromatic ring is 1. The Hall–Kier alpha value is -1.57. The molecule has 2 atom stereocenters. The summed E-state index contributed by atoms with van der Waals surface area (Å²) in [6, 6.07) is 1.38. The van der Waals surface area contributed by atoms with E-state index in [1.807, 2.05) is 0 Å². The predicted molar refractivity (Wildman–Crippen MR) is 61.6 cm³/mol. The molecule has 2 N–H and O–H groups in total. The van der Waals surface area contributed by atoms with Gasteiger partial charge in [0.1, 0.15) is 11.6 Å². The monoisotopic (exact) mass is 274 g/mol. The largest absolute Gasteiger partial charge is 0.451 e. The van der Waals surface area contributed by atoms with Gasteiger partial charge in [0, 0.05) is 19.2 Å². The summed E-state index contributed by atoms with van der Waals surface area (Å²) >= 11 is 0. The number of alkyl halides is 3. The van der Waals surface area contributed by atoms with Crippen molar-refractivity contribution in [3.8, 4) is 0 Å². The van der Waals surface area contributed by atoms with Gasteiger partial charge in [0.15, 0.2) is 0 Å². The molecular formula is C11H13F3N4O. The van der Waals surface area contributed by atoms with Crippen molar-refractivity contribution >= 4 is 11.6 Å². The maximum Gasteiger partial charge on any atom is 0.451 e. The van der Waals surface area contributed by atoms with Crippen LogP contribution in [0.4, 0.5) is 24.8 Å². The molecule has 104 valence electrons. The fourth-order valence-electron chi connectivity index (χ4n) is 2.54. The average molecular weight is 274 g/mol. The van der Waals surface area contributed by atoms with Crippen molar-refractivity contribution < 1.29 is 17.9 Å². The molecule has 19 heavy (non-hydrogen) atoms. The molecule has 0 saturated carbocycles. The molecule has 2 aliphatic heterocycles. The summed E-state index contributed by atoms with van der Waals surface area (Å²) in [5, 5.41) is 0. The molecule has 8 heteroatoms. The molecule has 3 heterocycles. The number of nitrogens with two attached hydrogens (primary N) is 1. The second-order valence-electron chi connectivity index (χ2n) is 4.83. The van der Waals surface area contributed by atoms with Crippen LogP contribution in [-0.2, 0) is 10.9 Å². The number of halogens is 3. The Morgan fingerprint density at radius 2 is 1.84 bits per heavy atom. The minimum atomic E-state index is -4.59. The maximum absolute atomic E-state index is 12.7. The Morgan fingerprint density at radius 1 is 1.21 bits per heavy atom. The first-order chi connectivity index (χ1) is 8.91. The molecule has 2 fully saturated rings. The summed E-state index contributed by atoms with van der Waals surface area (Å²) in [7, 11) is 0. The molecule has 1 aromatic rings. The second kappa shape index (κ2) is 4.22. The zero-order chi connectivity index (χ0) is 13.6. The number of hydrogen-bond donors (Lipinski definition) is 1. The SMILES string of the molecule is Nc1cc(N2CC3CCC(C2)O3)nc(C(F)(F)F)n1. The molecule has 0 aliphatic carbocycles. The van der Waals surface area contributed by atoms with E-state index in [0.29, 0.717) is 13.1 Å². The minimum absolute atomic E-state index is 0.0734. The third-order valence-electron chi connectivity index (χ3n) is 3.35. The van der Waals surface area contributed by atoms with E-state index in [4.69, 9.17) is 10.5 Å². The van der Waals surface area contributed by atoms with Crippen LogP contribution >= 0.6 is 0 Å². The van der Waals surface area contributed by atoms with Crippen molar-refractivity contribution in [1.82, 2.24) is 9.97 Å². The molecule has 1 aromatic heterocycles. The van der Waals surface area contributed by atoms with Gasteiger partial charge in [-0.3, -0.25) is 0 Å². The van der Waals surface area contributed by atoms with E-state index in [-0.39, 0.29) is 23.8 Å². The molecule has 0 spiro atoms. The second-order valence-corrected chi connectivity index (χ2v) is 4.83. The maximum atomic E-state index is 12.7. The lowest BCUT2D eigenvalue weighted by Crippen LogP contribution is -2.43. The van der Waals surface area contributed by atoms with E-state index in [2.05, 4.69) is 9.97 Å². The first kappa shape index (κ1) is 12.5. The van der Waals surface area contributed by atoms with Crippen LogP contribution in [0.2, 0.25) is 0 Å². The van der Waals surface area contributed by atoms with Gasteiger partial charge in [-0.15, -0.1) is 0 Å². The quantitative estimate of drug-likeness (QED) is 0.839. The Morgan fingerprint density at radius 3 is 2.42 bits per heavy atom. The molecule has 0 amide bonds. The number of ether oxygens (including phenoxy) is 1. The molecule has 2 bridgehead atoms. The highest BCUT2D eigenvalue weighted by Gasteiger charge is 2.38. The zero-order valence-electron chi connectivity index (χ0n) is 10.0. The van der Waals surface area contributed by atoms with Gasteiger partial charge in [0.25, 0.3) is 0 Å². The first-order valence-electron chi connectivity index (χ1n) is 6.04. The van der Waals surface area contributed by atoms with Gasteiger partial charge < -0.3 is 15.4 Å². The van der Waals surface area contributed by atoms with Crippen LogP contribution in [0.5, 0.6) is 0 Å². The molecule has 2 saturated heterocycles. The molecule has 5 nitrogen and oxygen atoms in total. The summed E-state index contributed by atoms with van der Waals surface area (Å²) in [6.07, 6.45) is -2.56. The zero-order valence-corrected chi connectivity index (χ0v) is 10.0. The van der Waals surface area contributed by atoms with E-state index in [0.717, 1.165) is 12.8 Å². The minimum Gasteiger partial charge on any atom is -0.384 e. The summed E-state index contributed by atoms with van der Waals surface area (Å²) in [5.41, 5.74) is 5.44. The number of fused-ring (bicyclic) bond motifs is 2. The van der Waals surface area contributed by atoms with Gasteiger partial charge in [-0.05, 0) is 12.8 Å². The Bertz CT molecular complexity index is 481. The Balaban J connectivity index is 1.90. The summed E-state index contributed by atoms with van der Waals surface area (Å²) in [5.74, 6) is -1.14. The van der Waals surface area contributed by atoms with Crippen LogP contribution in [0.1, 0.15) is 18.7 Å². The number of nitrogens with zero attached hydrogens (tertiary/aromatic N) is 3. The summed E-state index contributed by atoms with van der Waals surface area (Å²) < 4.78 is 43.6. The van der Waals surface area contributed by atoms with Crippen LogP contribution in [-0.4, -0.2) is 35.3 Å². The van der Waals surface area contributed by atoms with Gasteiger partial charge >= 0.3 is 6.18 Å². The Kier molecular flexibility index (Phi) is 2.77. The van der Waals surface area contributed by atoms with Crippen LogP contribution in [0.3, 0.4) is 0 Å². The van der Waals surface area contributed by atoms with Crippen molar-refractivity contribution in [3.05, 3.63) is 11.9 Å². The molecule has 0 aromatic carbocycles. The van der Waals surface area contributed by atoms with Crippen LogP contribution < -0.4 is 10.6 Å².